The van der Waals surface area contributed by atoms with Crippen LogP contribution in [0.1, 0.15) is 6.92 Å². The number of nitrogens with zero attached hydrogens (tertiary/aromatic N) is 2. The van der Waals surface area contributed by atoms with Gasteiger partial charge in [0.2, 0.25) is 5.88 Å². The van der Waals surface area contributed by atoms with E-state index in [2.05, 4.69) is 15.5 Å². The molecule has 0 saturated carbocycles. The minimum Gasteiger partial charge on any atom is -0.484 e. The van der Waals surface area contributed by atoms with E-state index in [0.717, 1.165) is 11.3 Å². The molecule has 132 valence electrons. The lowest BCUT2D eigenvalue weighted by Crippen LogP contribution is -2.20. The van der Waals surface area contributed by atoms with Crippen LogP contribution in [0.5, 0.6) is 11.6 Å². The largest absolute Gasteiger partial charge is 0.484 e. The highest BCUT2D eigenvalue weighted by Gasteiger charge is 2.05. The first-order chi connectivity index (χ1) is 12.7. The van der Waals surface area contributed by atoms with E-state index in [-0.39, 0.29) is 12.5 Å². The van der Waals surface area contributed by atoms with Gasteiger partial charge in [-0.1, -0.05) is 30.3 Å². The Hall–Kier alpha value is -3.41. The molecule has 1 aromatic heterocycles. The second-order valence-corrected chi connectivity index (χ2v) is 5.42. The summed E-state index contributed by atoms with van der Waals surface area (Å²) in [5.41, 5.74) is 2.33. The Bertz CT molecular complexity index is 834. The lowest BCUT2D eigenvalue weighted by Gasteiger charge is -2.08. The van der Waals surface area contributed by atoms with Crippen molar-refractivity contribution >= 4 is 11.6 Å². The first-order valence-electron chi connectivity index (χ1n) is 8.29. The maximum absolute atomic E-state index is 12.0. The fourth-order valence-electron chi connectivity index (χ4n) is 2.29. The number of amides is 1. The minimum atomic E-state index is -0.220. The minimum absolute atomic E-state index is 0.0455. The molecule has 0 saturated heterocycles. The highest BCUT2D eigenvalue weighted by molar-refractivity contribution is 5.92. The van der Waals surface area contributed by atoms with Crippen molar-refractivity contribution in [2.75, 3.05) is 18.5 Å². The second kappa shape index (κ2) is 8.62. The summed E-state index contributed by atoms with van der Waals surface area (Å²) in [6.07, 6.45) is 0. The molecule has 0 spiro atoms. The normalized spacial score (nSPS) is 10.2. The molecule has 1 amide bonds. The zero-order valence-corrected chi connectivity index (χ0v) is 14.4. The van der Waals surface area contributed by atoms with E-state index in [1.807, 2.05) is 55.5 Å². The summed E-state index contributed by atoms with van der Waals surface area (Å²) in [4.78, 5) is 12.0. The average Bonchev–Trinajstić information content (AvgIpc) is 2.69. The van der Waals surface area contributed by atoms with Gasteiger partial charge in [0, 0.05) is 17.3 Å². The number of anilines is 1. The molecule has 2 aromatic carbocycles. The molecule has 0 fully saturated rings. The zero-order chi connectivity index (χ0) is 18.2. The van der Waals surface area contributed by atoms with Crippen molar-refractivity contribution < 1.29 is 14.3 Å². The Morgan fingerprint density at radius 3 is 2.35 bits per heavy atom. The van der Waals surface area contributed by atoms with E-state index in [1.165, 1.54) is 0 Å². The van der Waals surface area contributed by atoms with E-state index in [1.54, 1.807) is 18.2 Å². The number of benzene rings is 2. The topological polar surface area (TPSA) is 73.3 Å². The van der Waals surface area contributed by atoms with Crippen LogP contribution in [-0.2, 0) is 4.79 Å². The Labute approximate surface area is 151 Å². The number of carbonyl (C=O) groups excluding carboxylic acids is 1. The van der Waals surface area contributed by atoms with Gasteiger partial charge in [-0.3, -0.25) is 4.79 Å². The molecular formula is C20H19N3O3. The molecule has 0 radical (unpaired) electrons. The SMILES string of the molecule is CCOc1ccc(-c2ccc(NC(=O)COc3ccccc3)cc2)nn1. The fourth-order valence-corrected chi connectivity index (χ4v) is 2.29. The summed E-state index contributed by atoms with van der Waals surface area (Å²) in [7, 11) is 0. The number of hydrogen-bond donors (Lipinski definition) is 1. The number of aromatic nitrogens is 2. The summed E-state index contributed by atoms with van der Waals surface area (Å²) < 4.78 is 10.7. The molecule has 0 bridgehead atoms. The van der Waals surface area contributed by atoms with Gasteiger partial charge < -0.3 is 14.8 Å². The maximum Gasteiger partial charge on any atom is 0.262 e. The third-order valence-electron chi connectivity index (χ3n) is 3.51. The van der Waals surface area contributed by atoms with E-state index in [0.29, 0.717) is 23.9 Å². The molecule has 6 heteroatoms. The summed E-state index contributed by atoms with van der Waals surface area (Å²) in [5.74, 6) is 0.938. The van der Waals surface area contributed by atoms with Gasteiger partial charge in [-0.05, 0) is 37.3 Å². The fraction of sp³-hybridized carbons (Fsp3) is 0.150. The number of rotatable bonds is 7. The first-order valence-corrected chi connectivity index (χ1v) is 8.29. The van der Waals surface area contributed by atoms with Gasteiger partial charge in [-0.15, -0.1) is 10.2 Å². The lowest BCUT2D eigenvalue weighted by molar-refractivity contribution is -0.118. The number of para-hydroxylation sites is 1. The van der Waals surface area contributed by atoms with Crippen LogP contribution in [0, 0.1) is 0 Å². The molecule has 0 unspecified atom stereocenters. The van der Waals surface area contributed by atoms with E-state index >= 15 is 0 Å². The maximum atomic E-state index is 12.0. The predicted molar refractivity (Wildman–Crippen MR) is 99.2 cm³/mol. The Kier molecular flexibility index (Phi) is 5.77. The lowest BCUT2D eigenvalue weighted by atomic mass is 10.1. The number of carbonyl (C=O) groups is 1. The van der Waals surface area contributed by atoms with Crippen molar-refractivity contribution in [3.05, 3.63) is 66.7 Å². The third-order valence-corrected chi connectivity index (χ3v) is 3.51. The molecule has 0 aliphatic rings. The molecule has 0 atom stereocenters. The number of nitrogens with one attached hydrogen (secondary N) is 1. The zero-order valence-electron chi connectivity index (χ0n) is 14.4. The van der Waals surface area contributed by atoms with Gasteiger partial charge in [0.25, 0.3) is 5.91 Å². The van der Waals surface area contributed by atoms with Crippen LogP contribution in [0.3, 0.4) is 0 Å². The van der Waals surface area contributed by atoms with Crippen molar-refractivity contribution in [2.45, 2.75) is 6.92 Å². The van der Waals surface area contributed by atoms with Gasteiger partial charge in [-0.25, -0.2) is 0 Å². The highest BCUT2D eigenvalue weighted by atomic mass is 16.5. The molecule has 0 aliphatic heterocycles. The Morgan fingerprint density at radius 2 is 1.69 bits per heavy atom. The molecule has 3 rings (SSSR count). The summed E-state index contributed by atoms with van der Waals surface area (Å²) >= 11 is 0. The predicted octanol–water partition coefficient (Wildman–Crippen LogP) is 3.56. The van der Waals surface area contributed by atoms with Gasteiger partial charge in [-0.2, -0.15) is 0 Å². The van der Waals surface area contributed by atoms with Crippen molar-refractivity contribution in [2.24, 2.45) is 0 Å². The van der Waals surface area contributed by atoms with Gasteiger partial charge in [0.05, 0.1) is 12.3 Å². The summed E-state index contributed by atoms with van der Waals surface area (Å²) in [6, 6.07) is 20.2. The Balaban J connectivity index is 1.56. The van der Waals surface area contributed by atoms with Crippen LogP contribution in [0.4, 0.5) is 5.69 Å². The molecule has 0 aliphatic carbocycles. The van der Waals surface area contributed by atoms with Crippen LogP contribution in [0.15, 0.2) is 66.7 Å². The molecule has 6 nitrogen and oxygen atoms in total. The summed E-state index contributed by atoms with van der Waals surface area (Å²) in [6.45, 7) is 2.40. The van der Waals surface area contributed by atoms with E-state index in [9.17, 15) is 4.79 Å². The van der Waals surface area contributed by atoms with E-state index < -0.39 is 0 Å². The third kappa shape index (κ3) is 4.80. The van der Waals surface area contributed by atoms with Crippen molar-refractivity contribution in [1.29, 1.82) is 0 Å². The quantitative estimate of drug-likeness (QED) is 0.706. The second-order valence-electron chi connectivity index (χ2n) is 5.42. The van der Waals surface area contributed by atoms with Crippen molar-refractivity contribution in [3.63, 3.8) is 0 Å². The van der Waals surface area contributed by atoms with E-state index in [4.69, 9.17) is 9.47 Å². The van der Waals surface area contributed by atoms with Gasteiger partial charge >= 0.3 is 0 Å². The molecule has 3 aromatic rings. The molecular weight excluding hydrogens is 330 g/mol. The smallest absolute Gasteiger partial charge is 0.262 e. The molecule has 1 N–H and O–H groups in total. The van der Waals surface area contributed by atoms with Crippen LogP contribution < -0.4 is 14.8 Å². The standard InChI is InChI=1S/C20H19N3O3/c1-2-25-20-13-12-18(22-23-20)15-8-10-16(11-9-15)21-19(24)14-26-17-6-4-3-5-7-17/h3-13H,2,14H2,1H3,(H,21,24). The molecule has 1 heterocycles. The van der Waals surface area contributed by atoms with Gasteiger partial charge in [0.1, 0.15) is 5.75 Å². The van der Waals surface area contributed by atoms with Gasteiger partial charge in [0.15, 0.2) is 6.61 Å². The van der Waals surface area contributed by atoms with Crippen LogP contribution in [0.25, 0.3) is 11.3 Å². The van der Waals surface area contributed by atoms with Crippen molar-refractivity contribution in [3.8, 4) is 22.9 Å². The monoisotopic (exact) mass is 349 g/mol. The van der Waals surface area contributed by atoms with Crippen LogP contribution >= 0.6 is 0 Å². The highest BCUT2D eigenvalue weighted by Crippen LogP contribution is 2.20. The summed E-state index contributed by atoms with van der Waals surface area (Å²) in [5, 5.41) is 10.9. The first kappa shape index (κ1) is 17.4. The average molecular weight is 349 g/mol. The Morgan fingerprint density at radius 1 is 0.923 bits per heavy atom. The van der Waals surface area contributed by atoms with Crippen LogP contribution in [0.2, 0.25) is 0 Å². The molecule has 26 heavy (non-hydrogen) atoms. The van der Waals surface area contributed by atoms with Crippen molar-refractivity contribution in [1.82, 2.24) is 10.2 Å². The van der Waals surface area contributed by atoms with Crippen LogP contribution in [-0.4, -0.2) is 29.3 Å². The number of ether oxygens (including phenoxy) is 2. The number of hydrogen-bond acceptors (Lipinski definition) is 5.